The van der Waals surface area contributed by atoms with Gasteiger partial charge in [-0.15, -0.1) is 0 Å². The molecule has 0 spiro atoms. The monoisotopic (exact) mass is 216 g/mol. The minimum atomic E-state index is 1.24. The van der Waals surface area contributed by atoms with E-state index in [9.17, 15) is 0 Å². The summed E-state index contributed by atoms with van der Waals surface area (Å²) < 4.78 is 0. The van der Waals surface area contributed by atoms with Crippen molar-refractivity contribution < 1.29 is 0 Å². The van der Waals surface area contributed by atoms with Gasteiger partial charge in [0.15, 0.2) is 0 Å². The highest BCUT2D eigenvalue weighted by molar-refractivity contribution is 5.71. The van der Waals surface area contributed by atoms with E-state index < -0.39 is 0 Å². The van der Waals surface area contributed by atoms with Gasteiger partial charge in [0.25, 0.3) is 0 Å². The van der Waals surface area contributed by atoms with E-state index in [1.165, 1.54) is 11.1 Å². The Morgan fingerprint density at radius 3 is 1.38 bits per heavy atom. The first-order valence-corrected chi connectivity index (χ1v) is 5.24. The van der Waals surface area contributed by atoms with E-state index in [4.69, 9.17) is 0 Å². The van der Waals surface area contributed by atoms with Crippen LogP contribution in [0.15, 0.2) is 57.6 Å². The molecule has 0 unspecified atom stereocenters. The molecule has 0 saturated carbocycles. The predicted octanol–water partition coefficient (Wildman–Crippen LogP) is 3.39. The molecule has 0 atom stereocenters. The second kappa shape index (κ2) is 9.84. The van der Waals surface area contributed by atoms with Gasteiger partial charge in [-0.25, -0.2) is 0 Å². The smallest absolute Gasteiger partial charge is 0.0277 e. The maximum absolute atomic E-state index is 3.87. The second-order valence-electron chi connectivity index (χ2n) is 3.28. The van der Waals surface area contributed by atoms with Gasteiger partial charge in [0.05, 0.1) is 0 Å². The molecule has 0 aromatic rings. The standard InChI is InChI=1S/C14H20N2/c1-13(9-5-7-11-15-3)14(2)10-6-8-12-16-4/h5-12H,1-4H3/b7-5-,8-6-,13-9+,14-10+,15-11+,16-12+. The predicted molar refractivity (Wildman–Crippen MR) is 74.6 cm³/mol. The first-order chi connectivity index (χ1) is 7.72. The zero-order valence-corrected chi connectivity index (χ0v) is 10.5. The number of hydrogen-bond acceptors (Lipinski definition) is 2. The molecule has 0 aromatic carbocycles. The van der Waals surface area contributed by atoms with Crippen molar-refractivity contribution in [1.29, 1.82) is 0 Å². The average Bonchev–Trinajstić information content (AvgIpc) is 2.29. The van der Waals surface area contributed by atoms with Crippen LogP contribution >= 0.6 is 0 Å². The summed E-state index contributed by atoms with van der Waals surface area (Å²) in [4.78, 5) is 7.73. The fraction of sp³-hybridized carbons (Fsp3) is 0.286. The van der Waals surface area contributed by atoms with Crippen LogP contribution in [0.4, 0.5) is 0 Å². The Morgan fingerprint density at radius 2 is 1.06 bits per heavy atom. The topological polar surface area (TPSA) is 24.7 Å². The maximum Gasteiger partial charge on any atom is 0.0277 e. The summed E-state index contributed by atoms with van der Waals surface area (Å²) in [6.45, 7) is 4.17. The number of hydrogen-bond donors (Lipinski definition) is 0. The Balaban J connectivity index is 4.41. The van der Waals surface area contributed by atoms with E-state index in [0.717, 1.165) is 0 Å². The van der Waals surface area contributed by atoms with Crippen molar-refractivity contribution in [2.24, 2.45) is 9.98 Å². The van der Waals surface area contributed by atoms with Gasteiger partial charge in [-0.3, -0.25) is 9.98 Å². The summed E-state index contributed by atoms with van der Waals surface area (Å²) in [6.07, 6.45) is 15.5. The van der Waals surface area contributed by atoms with E-state index in [0.29, 0.717) is 0 Å². The van der Waals surface area contributed by atoms with Crippen molar-refractivity contribution in [1.82, 2.24) is 0 Å². The van der Waals surface area contributed by atoms with Gasteiger partial charge < -0.3 is 0 Å². The lowest BCUT2D eigenvalue weighted by Crippen LogP contribution is -1.77. The zero-order chi connectivity index (χ0) is 12.2. The second-order valence-corrected chi connectivity index (χ2v) is 3.28. The molecule has 0 fully saturated rings. The lowest BCUT2D eigenvalue weighted by atomic mass is 10.1. The molecule has 16 heavy (non-hydrogen) atoms. The van der Waals surface area contributed by atoms with E-state index in [2.05, 4.69) is 36.0 Å². The molecule has 0 radical (unpaired) electrons. The fourth-order valence-corrected chi connectivity index (χ4v) is 0.934. The lowest BCUT2D eigenvalue weighted by Gasteiger charge is -1.97. The third-order valence-electron chi connectivity index (χ3n) is 2.01. The van der Waals surface area contributed by atoms with Gasteiger partial charge in [0.2, 0.25) is 0 Å². The Labute approximate surface area is 98.5 Å². The number of allylic oxidation sites excluding steroid dienone is 8. The van der Waals surface area contributed by atoms with Crippen molar-refractivity contribution in [2.45, 2.75) is 13.8 Å². The maximum atomic E-state index is 3.87. The van der Waals surface area contributed by atoms with Crippen LogP contribution in [-0.2, 0) is 0 Å². The van der Waals surface area contributed by atoms with Gasteiger partial charge in [-0.2, -0.15) is 0 Å². The van der Waals surface area contributed by atoms with Crippen LogP contribution in [0.1, 0.15) is 13.8 Å². The van der Waals surface area contributed by atoms with Crippen LogP contribution in [0.2, 0.25) is 0 Å². The summed E-state index contributed by atoms with van der Waals surface area (Å²) in [5.74, 6) is 0. The van der Waals surface area contributed by atoms with Crippen molar-refractivity contribution in [2.75, 3.05) is 14.1 Å². The first-order valence-electron chi connectivity index (χ1n) is 5.24. The van der Waals surface area contributed by atoms with Crippen LogP contribution in [0, 0.1) is 0 Å². The molecule has 0 bridgehead atoms. The third-order valence-corrected chi connectivity index (χ3v) is 2.01. The van der Waals surface area contributed by atoms with Crippen molar-refractivity contribution in [3.63, 3.8) is 0 Å². The molecule has 0 saturated heterocycles. The minimum Gasteiger partial charge on any atom is -0.297 e. The highest BCUT2D eigenvalue weighted by atomic mass is 14.6. The highest BCUT2D eigenvalue weighted by Gasteiger charge is 1.87. The van der Waals surface area contributed by atoms with Crippen LogP contribution in [0.5, 0.6) is 0 Å². The molecule has 0 heterocycles. The van der Waals surface area contributed by atoms with Crippen LogP contribution < -0.4 is 0 Å². The normalized spacial score (nSPS) is 15.2. The minimum absolute atomic E-state index is 1.24. The number of nitrogens with zero attached hydrogens (tertiary/aromatic N) is 2. The van der Waals surface area contributed by atoms with Gasteiger partial charge in [-0.05, 0) is 37.1 Å². The summed E-state index contributed by atoms with van der Waals surface area (Å²) in [5, 5.41) is 0. The molecule has 0 rings (SSSR count). The summed E-state index contributed by atoms with van der Waals surface area (Å²) in [6, 6.07) is 0. The van der Waals surface area contributed by atoms with Crippen molar-refractivity contribution >= 4 is 12.4 Å². The Kier molecular flexibility index (Phi) is 8.79. The molecule has 0 amide bonds. The SMILES string of the molecule is C/N=C/C=C\C=C(C)\C(C)=C\C=C/C=N/C. The van der Waals surface area contributed by atoms with Crippen LogP contribution in [0.3, 0.4) is 0 Å². The van der Waals surface area contributed by atoms with Crippen LogP contribution in [-0.4, -0.2) is 26.5 Å². The quantitative estimate of drug-likeness (QED) is 0.497. The molecule has 2 heteroatoms. The number of rotatable bonds is 5. The van der Waals surface area contributed by atoms with Crippen molar-refractivity contribution in [3.8, 4) is 0 Å². The summed E-state index contributed by atoms with van der Waals surface area (Å²) in [5.41, 5.74) is 2.47. The Bertz CT molecular complexity index is 317. The summed E-state index contributed by atoms with van der Waals surface area (Å²) in [7, 11) is 3.51. The highest BCUT2D eigenvalue weighted by Crippen LogP contribution is 2.07. The Morgan fingerprint density at radius 1 is 0.688 bits per heavy atom. The molecule has 86 valence electrons. The molecule has 0 aliphatic rings. The third kappa shape index (κ3) is 7.68. The van der Waals surface area contributed by atoms with E-state index >= 15 is 0 Å². The molecule has 0 aliphatic heterocycles. The average molecular weight is 216 g/mol. The van der Waals surface area contributed by atoms with E-state index in [1.54, 1.807) is 26.5 Å². The first kappa shape index (κ1) is 14.3. The van der Waals surface area contributed by atoms with Gasteiger partial charge in [-0.1, -0.05) is 24.3 Å². The lowest BCUT2D eigenvalue weighted by molar-refractivity contribution is 1.35. The number of aliphatic imine (C=N–C) groups is 2. The molecule has 0 N–H and O–H groups in total. The molecular formula is C14H20N2. The molecule has 0 aromatic heterocycles. The fourth-order valence-electron chi connectivity index (χ4n) is 0.934. The molecule has 0 aliphatic carbocycles. The zero-order valence-electron chi connectivity index (χ0n) is 10.5. The van der Waals surface area contributed by atoms with E-state index in [-0.39, 0.29) is 0 Å². The van der Waals surface area contributed by atoms with E-state index in [1.807, 2.05) is 24.3 Å². The van der Waals surface area contributed by atoms with Crippen molar-refractivity contribution in [3.05, 3.63) is 47.6 Å². The van der Waals surface area contributed by atoms with Crippen LogP contribution in [0.25, 0.3) is 0 Å². The Hall–Kier alpha value is -1.70. The summed E-state index contributed by atoms with van der Waals surface area (Å²) >= 11 is 0. The molecular weight excluding hydrogens is 196 g/mol. The largest absolute Gasteiger partial charge is 0.297 e. The van der Waals surface area contributed by atoms with Gasteiger partial charge in [0, 0.05) is 26.5 Å². The van der Waals surface area contributed by atoms with Gasteiger partial charge >= 0.3 is 0 Å². The molecule has 2 nitrogen and oxygen atoms in total. The van der Waals surface area contributed by atoms with Gasteiger partial charge in [0.1, 0.15) is 0 Å².